The molecule has 0 saturated heterocycles. The summed E-state index contributed by atoms with van der Waals surface area (Å²) in [5.41, 5.74) is 0.637. The second kappa shape index (κ2) is 7.33. The lowest BCUT2D eigenvalue weighted by molar-refractivity contribution is 0.0774. The topological polar surface area (TPSA) is 38.8 Å². The minimum atomic E-state index is -0.0330. The lowest BCUT2D eigenvalue weighted by Crippen LogP contribution is -2.30. The SMILES string of the molecule is COc1ccc(C(=O)N(C)CCOc2ccccc2)cc1. The van der Waals surface area contributed by atoms with Crippen molar-refractivity contribution in [1.29, 1.82) is 0 Å². The van der Waals surface area contributed by atoms with Gasteiger partial charge in [0.15, 0.2) is 0 Å². The minimum Gasteiger partial charge on any atom is -0.497 e. The van der Waals surface area contributed by atoms with Crippen molar-refractivity contribution in [1.82, 2.24) is 4.90 Å². The van der Waals surface area contributed by atoms with Crippen LogP contribution in [0.3, 0.4) is 0 Å². The van der Waals surface area contributed by atoms with Crippen molar-refractivity contribution in [2.45, 2.75) is 0 Å². The van der Waals surface area contributed by atoms with Crippen LogP contribution in [0.5, 0.6) is 11.5 Å². The van der Waals surface area contributed by atoms with Gasteiger partial charge in [-0.2, -0.15) is 0 Å². The predicted molar refractivity (Wildman–Crippen MR) is 81.9 cm³/mol. The first kappa shape index (κ1) is 14.9. The van der Waals surface area contributed by atoms with Crippen molar-refractivity contribution < 1.29 is 14.3 Å². The van der Waals surface area contributed by atoms with Gasteiger partial charge in [0.1, 0.15) is 18.1 Å². The molecule has 0 fully saturated rings. The number of carbonyl (C=O) groups excluding carboxylic acids is 1. The maximum Gasteiger partial charge on any atom is 0.253 e. The molecule has 0 heterocycles. The van der Waals surface area contributed by atoms with E-state index < -0.39 is 0 Å². The molecule has 2 aromatic rings. The molecular weight excluding hydrogens is 266 g/mol. The van der Waals surface area contributed by atoms with Gasteiger partial charge in [0.05, 0.1) is 13.7 Å². The van der Waals surface area contributed by atoms with E-state index in [0.29, 0.717) is 18.7 Å². The molecule has 0 atom stereocenters. The van der Waals surface area contributed by atoms with E-state index in [9.17, 15) is 4.79 Å². The Morgan fingerprint density at radius 1 is 1.00 bits per heavy atom. The Kier molecular flexibility index (Phi) is 5.21. The fraction of sp³-hybridized carbons (Fsp3) is 0.235. The van der Waals surface area contributed by atoms with Crippen molar-refractivity contribution >= 4 is 5.91 Å². The van der Waals surface area contributed by atoms with Crippen molar-refractivity contribution in [2.24, 2.45) is 0 Å². The summed E-state index contributed by atoms with van der Waals surface area (Å²) < 4.78 is 10.7. The summed E-state index contributed by atoms with van der Waals surface area (Å²) in [6, 6.07) is 16.6. The molecule has 21 heavy (non-hydrogen) atoms. The number of nitrogens with zero attached hydrogens (tertiary/aromatic N) is 1. The quantitative estimate of drug-likeness (QED) is 0.819. The number of ether oxygens (including phenoxy) is 2. The Hall–Kier alpha value is -2.49. The Morgan fingerprint density at radius 3 is 2.29 bits per heavy atom. The summed E-state index contributed by atoms with van der Waals surface area (Å²) in [6.07, 6.45) is 0. The van der Waals surface area contributed by atoms with Crippen LogP contribution >= 0.6 is 0 Å². The first-order valence-corrected chi connectivity index (χ1v) is 6.78. The van der Waals surface area contributed by atoms with E-state index in [4.69, 9.17) is 9.47 Å². The number of amides is 1. The van der Waals surface area contributed by atoms with Crippen LogP contribution in [-0.2, 0) is 0 Å². The van der Waals surface area contributed by atoms with Crippen LogP contribution in [0.25, 0.3) is 0 Å². The van der Waals surface area contributed by atoms with Crippen molar-refractivity contribution in [2.75, 3.05) is 27.3 Å². The van der Waals surface area contributed by atoms with Crippen molar-refractivity contribution in [3.8, 4) is 11.5 Å². The van der Waals surface area contributed by atoms with Gasteiger partial charge in [0.2, 0.25) is 0 Å². The summed E-state index contributed by atoms with van der Waals surface area (Å²) in [7, 11) is 3.37. The summed E-state index contributed by atoms with van der Waals surface area (Å²) in [5.74, 6) is 1.51. The Labute approximate surface area is 124 Å². The highest BCUT2D eigenvalue weighted by Crippen LogP contribution is 2.13. The van der Waals surface area contributed by atoms with E-state index in [2.05, 4.69) is 0 Å². The Balaban J connectivity index is 1.84. The third-order valence-corrected chi connectivity index (χ3v) is 3.12. The lowest BCUT2D eigenvalue weighted by atomic mass is 10.2. The minimum absolute atomic E-state index is 0.0330. The number of rotatable bonds is 6. The lowest BCUT2D eigenvalue weighted by Gasteiger charge is -2.17. The highest BCUT2D eigenvalue weighted by molar-refractivity contribution is 5.94. The molecule has 0 bridgehead atoms. The monoisotopic (exact) mass is 285 g/mol. The van der Waals surface area contributed by atoms with Gasteiger partial charge in [-0.3, -0.25) is 4.79 Å². The van der Waals surface area contributed by atoms with E-state index >= 15 is 0 Å². The van der Waals surface area contributed by atoms with Crippen LogP contribution in [-0.4, -0.2) is 38.1 Å². The van der Waals surface area contributed by atoms with Crippen LogP contribution in [0.1, 0.15) is 10.4 Å². The molecule has 0 aromatic heterocycles. The third kappa shape index (κ3) is 4.24. The molecule has 2 rings (SSSR count). The molecule has 2 aromatic carbocycles. The number of likely N-dealkylation sites (N-methyl/N-ethyl adjacent to an activating group) is 1. The van der Waals surface area contributed by atoms with Gasteiger partial charge in [-0.15, -0.1) is 0 Å². The largest absolute Gasteiger partial charge is 0.497 e. The molecule has 0 N–H and O–H groups in total. The van der Waals surface area contributed by atoms with Crippen LogP contribution in [0.4, 0.5) is 0 Å². The van der Waals surface area contributed by atoms with Gasteiger partial charge in [-0.1, -0.05) is 18.2 Å². The maximum atomic E-state index is 12.2. The van der Waals surface area contributed by atoms with Gasteiger partial charge < -0.3 is 14.4 Å². The number of methoxy groups -OCH3 is 1. The molecule has 0 spiro atoms. The van der Waals surface area contributed by atoms with E-state index in [0.717, 1.165) is 11.5 Å². The van der Waals surface area contributed by atoms with Gasteiger partial charge >= 0.3 is 0 Å². The fourth-order valence-electron chi connectivity index (χ4n) is 1.87. The van der Waals surface area contributed by atoms with E-state index in [-0.39, 0.29) is 5.91 Å². The average molecular weight is 285 g/mol. The summed E-state index contributed by atoms with van der Waals surface area (Å²) >= 11 is 0. The van der Waals surface area contributed by atoms with Gasteiger partial charge in [-0.25, -0.2) is 0 Å². The van der Waals surface area contributed by atoms with Gasteiger partial charge in [-0.05, 0) is 36.4 Å². The van der Waals surface area contributed by atoms with Crippen molar-refractivity contribution in [3.63, 3.8) is 0 Å². The summed E-state index contributed by atoms with van der Waals surface area (Å²) in [6.45, 7) is 0.988. The second-order valence-electron chi connectivity index (χ2n) is 4.62. The zero-order valence-corrected chi connectivity index (χ0v) is 12.3. The molecule has 110 valence electrons. The number of carbonyl (C=O) groups is 1. The molecule has 0 saturated carbocycles. The molecule has 4 nitrogen and oxygen atoms in total. The summed E-state index contributed by atoms with van der Waals surface area (Å²) in [4.78, 5) is 13.9. The highest BCUT2D eigenvalue weighted by atomic mass is 16.5. The van der Waals surface area contributed by atoms with Crippen LogP contribution in [0, 0.1) is 0 Å². The second-order valence-corrected chi connectivity index (χ2v) is 4.62. The van der Waals surface area contributed by atoms with Crippen LogP contribution in [0.2, 0.25) is 0 Å². The first-order chi connectivity index (χ1) is 10.2. The zero-order valence-electron chi connectivity index (χ0n) is 12.3. The molecular formula is C17H19NO3. The Bertz CT molecular complexity index is 566. The fourth-order valence-corrected chi connectivity index (χ4v) is 1.87. The average Bonchev–Trinajstić information content (AvgIpc) is 2.55. The maximum absolute atomic E-state index is 12.2. The highest BCUT2D eigenvalue weighted by Gasteiger charge is 2.11. The van der Waals surface area contributed by atoms with E-state index in [1.54, 1.807) is 43.3 Å². The van der Waals surface area contributed by atoms with E-state index in [1.165, 1.54) is 0 Å². The number of hydrogen-bond donors (Lipinski definition) is 0. The van der Waals surface area contributed by atoms with Gasteiger partial charge in [0.25, 0.3) is 5.91 Å². The molecule has 0 radical (unpaired) electrons. The molecule has 0 unspecified atom stereocenters. The standard InChI is InChI=1S/C17H19NO3/c1-18(12-13-21-16-6-4-3-5-7-16)17(19)14-8-10-15(20-2)11-9-14/h3-11H,12-13H2,1-2H3. The number of para-hydroxylation sites is 1. The third-order valence-electron chi connectivity index (χ3n) is 3.12. The molecule has 0 aliphatic rings. The molecule has 1 amide bonds. The normalized spacial score (nSPS) is 10.0. The van der Waals surface area contributed by atoms with E-state index in [1.807, 2.05) is 30.3 Å². The zero-order chi connectivity index (χ0) is 15.1. The number of hydrogen-bond acceptors (Lipinski definition) is 3. The predicted octanol–water partition coefficient (Wildman–Crippen LogP) is 2.85. The molecule has 0 aliphatic heterocycles. The first-order valence-electron chi connectivity index (χ1n) is 6.78. The van der Waals surface area contributed by atoms with Crippen molar-refractivity contribution in [3.05, 3.63) is 60.2 Å². The number of benzene rings is 2. The molecule has 4 heteroatoms. The van der Waals surface area contributed by atoms with Gasteiger partial charge in [0, 0.05) is 12.6 Å². The molecule has 0 aliphatic carbocycles. The van der Waals surface area contributed by atoms with Crippen LogP contribution < -0.4 is 9.47 Å². The van der Waals surface area contributed by atoms with Crippen LogP contribution in [0.15, 0.2) is 54.6 Å². The Morgan fingerprint density at radius 2 is 1.67 bits per heavy atom. The smallest absolute Gasteiger partial charge is 0.253 e. The summed E-state index contributed by atoms with van der Waals surface area (Å²) in [5, 5.41) is 0.